The molecule has 10 heteroatoms. The van der Waals surface area contributed by atoms with E-state index in [0.29, 0.717) is 18.1 Å². The summed E-state index contributed by atoms with van der Waals surface area (Å²) in [5, 5.41) is -0.410. The predicted molar refractivity (Wildman–Crippen MR) is 98.9 cm³/mol. The van der Waals surface area contributed by atoms with Gasteiger partial charge in [-0.15, -0.1) is 0 Å². The van der Waals surface area contributed by atoms with Gasteiger partial charge in [-0.1, -0.05) is 41.9 Å². The van der Waals surface area contributed by atoms with Crippen molar-refractivity contribution in [3.63, 3.8) is 0 Å². The molecule has 0 amide bonds. The van der Waals surface area contributed by atoms with E-state index in [1.807, 2.05) is 35.1 Å². The smallest absolute Gasteiger partial charge is 0.387 e. The Morgan fingerprint density at radius 3 is 2.54 bits per heavy atom. The van der Waals surface area contributed by atoms with E-state index < -0.39 is 38.9 Å². The lowest BCUT2D eigenvalue weighted by Crippen LogP contribution is -2.15. The van der Waals surface area contributed by atoms with Crippen LogP contribution in [0, 0.1) is 5.82 Å². The third-order valence-electron chi connectivity index (χ3n) is 3.80. The monoisotopic (exact) mass is 430 g/mol. The first-order valence-corrected chi connectivity index (χ1v) is 9.78. The van der Waals surface area contributed by atoms with Crippen molar-refractivity contribution < 1.29 is 26.3 Å². The van der Waals surface area contributed by atoms with Crippen molar-refractivity contribution in [3.8, 4) is 5.75 Å². The van der Waals surface area contributed by atoms with Crippen LogP contribution in [0.4, 0.5) is 18.9 Å². The van der Waals surface area contributed by atoms with E-state index in [-0.39, 0.29) is 4.90 Å². The molecule has 0 saturated carbocycles. The Balaban J connectivity index is 1.90. The van der Waals surface area contributed by atoms with Crippen molar-refractivity contribution in [2.24, 2.45) is 0 Å². The quantitative estimate of drug-likeness (QED) is 0.565. The summed E-state index contributed by atoms with van der Waals surface area (Å²) in [6.07, 6.45) is 3.10. The Labute approximate surface area is 164 Å². The second-order valence-electron chi connectivity index (χ2n) is 5.75. The SMILES string of the molecule is O=S(=O)(Nc1cc(OC(F)F)c(Cl)cc1F)c1c[nH]cc1Cc1ccccc1. The van der Waals surface area contributed by atoms with Crippen molar-refractivity contribution in [2.75, 3.05) is 4.72 Å². The highest BCUT2D eigenvalue weighted by Crippen LogP contribution is 2.33. The minimum absolute atomic E-state index is 0.0953. The number of nitrogens with one attached hydrogen (secondary N) is 2. The molecule has 1 aromatic heterocycles. The summed E-state index contributed by atoms with van der Waals surface area (Å²) in [7, 11) is -4.21. The van der Waals surface area contributed by atoms with Gasteiger partial charge in [0.2, 0.25) is 0 Å². The van der Waals surface area contributed by atoms with Crippen LogP contribution in [-0.2, 0) is 16.4 Å². The predicted octanol–water partition coefficient (Wildman–Crippen LogP) is 4.80. The van der Waals surface area contributed by atoms with Crippen LogP contribution in [0.15, 0.2) is 59.8 Å². The van der Waals surface area contributed by atoms with Crippen LogP contribution in [0.3, 0.4) is 0 Å². The van der Waals surface area contributed by atoms with Crippen molar-refractivity contribution >= 4 is 27.3 Å². The molecule has 0 aliphatic carbocycles. The Hall–Kier alpha value is -2.65. The number of anilines is 1. The highest BCUT2D eigenvalue weighted by molar-refractivity contribution is 7.92. The number of alkyl halides is 2. The molecule has 0 bridgehead atoms. The maximum atomic E-state index is 14.1. The van der Waals surface area contributed by atoms with E-state index >= 15 is 0 Å². The Morgan fingerprint density at radius 2 is 1.86 bits per heavy atom. The molecule has 0 spiro atoms. The van der Waals surface area contributed by atoms with Gasteiger partial charge in [-0.2, -0.15) is 8.78 Å². The summed E-state index contributed by atoms with van der Waals surface area (Å²) in [6, 6.07) is 10.6. The molecule has 0 atom stereocenters. The summed E-state index contributed by atoms with van der Waals surface area (Å²) >= 11 is 5.65. The minimum Gasteiger partial charge on any atom is -0.433 e. The minimum atomic E-state index is -4.21. The van der Waals surface area contributed by atoms with Gasteiger partial charge in [-0.05, 0) is 17.2 Å². The van der Waals surface area contributed by atoms with E-state index in [2.05, 4.69) is 9.72 Å². The number of hydrogen-bond acceptors (Lipinski definition) is 3. The molecule has 2 aromatic carbocycles. The average Bonchev–Trinajstić information content (AvgIpc) is 3.08. The van der Waals surface area contributed by atoms with Crippen molar-refractivity contribution in [3.05, 3.63) is 76.8 Å². The number of rotatable bonds is 7. The zero-order chi connectivity index (χ0) is 20.3. The van der Waals surface area contributed by atoms with E-state index in [0.717, 1.165) is 11.6 Å². The Bertz CT molecular complexity index is 1070. The molecular weight excluding hydrogens is 417 g/mol. The van der Waals surface area contributed by atoms with E-state index in [1.165, 1.54) is 12.4 Å². The van der Waals surface area contributed by atoms with Crippen LogP contribution in [0.25, 0.3) is 0 Å². The third-order valence-corrected chi connectivity index (χ3v) is 5.54. The van der Waals surface area contributed by atoms with Crippen molar-refractivity contribution in [1.29, 1.82) is 0 Å². The first-order chi connectivity index (χ1) is 13.3. The van der Waals surface area contributed by atoms with Gasteiger partial charge >= 0.3 is 6.61 Å². The van der Waals surface area contributed by atoms with Crippen molar-refractivity contribution in [2.45, 2.75) is 17.9 Å². The lowest BCUT2D eigenvalue weighted by atomic mass is 10.1. The lowest BCUT2D eigenvalue weighted by molar-refractivity contribution is -0.0497. The summed E-state index contributed by atoms with van der Waals surface area (Å²) in [4.78, 5) is 2.62. The molecular formula is C18H14ClF3N2O3S. The number of hydrogen-bond donors (Lipinski definition) is 2. The van der Waals surface area contributed by atoms with Gasteiger partial charge < -0.3 is 9.72 Å². The van der Waals surface area contributed by atoms with Gasteiger partial charge in [-0.3, -0.25) is 4.72 Å². The Kier molecular flexibility index (Phi) is 5.85. The van der Waals surface area contributed by atoms with Gasteiger partial charge in [0.05, 0.1) is 10.7 Å². The summed E-state index contributed by atoms with van der Waals surface area (Å²) in [5.74, 6) is -1.58. The van der Waals surface area contributed by atoms with Crippen LogP contribution in [-0.4, -0.2) is 20.0 Å². The number of sulfonamides is 1. The largest absolute Gasteiger partial charge is 0.433 e. The fourth-order valence-electron chi connectivity index (χ4n) is 2.58. The fourth-order valence-corrected chi connectivity index (χ4v) is 4.03. The Morgan fingerprint density at radius 1 is 1.14 bits per heavy atom. The summed E-state index contributed by atoms with van der Waals surface area (Å²) in [5.41, 5.74) is 0.771. The van der Waals surface area contributed by atoms with E-state index in [1.54, 1.807) is 0 Å². The van der Waals surface area contributed by atoms with Gasteiger partial charge in [-0.25, -0.2) is 12.8 Å². The summed E-state index contributed by atoms with van der Waals surface area (Å²) in [6.45, 7) is -3.20. The molecule has 28 heavy (non-hydrogen) atoms. The molecule has 2 N–H and O–H groups in total. The molecule has 1 heterocycles. The maximum absolute atomic E-state index is 14.1. The van der Waals surface area contributed by atoms with Gasteiger partial charge in [0.1, 0.15) is 16.5 Å². The van der Waals surface area contributed by atoms with Crippen LogP contribution in [0.2, 0.25) is 5.02 Å². The van der Waals surface area contributed by atoms with Gasteiger partial charge in [0.15, 0.2) is 0 Å². The molecule has 148 valence electrons. The molecule has 0 saturated heterocycles. The molecule has 0 fully saturated rings. The third kappa shape index (κ3) is 4.60. The zero-order valence-corrected chi connectivity index (χ0v) is 15.7. The lowest BCUT2D eigenvalue weighted by Gasteiger charge is -2.13. The second kappa shape index (κ2) is 8.15. The molecule has 0 aliphatic rings. The maximum Gasteiger partial charge on any atom is 0.387 e. The van der Waals surface area contributed by atoms with Gasteiger partial charge in [0, 0.05) is 24.9 Å². The molecule has 0 radical (unpaired) electrons. The van der Waals surface area contributed by atoms with Crippen LogP contribution >= 0.6 is 11.6 Å². The topological polar surface area (TPSA) is 71.2 Å². The number of benzene rings is 2. The first kappa shape index (κ1) is 20.1. The summed E-state index contributed by atoms with van der Waals surface area (Å²) < 4.78 is 70.7. The fraction of sp³-hybridized carbons (Fsp3) is 0.111. The molecule has 5 nitrogen and oxygen atoms in total. The number of aromatic amines is 1. The average molecular weight is 431 g/mol. The number of ether oxygens (including phenoxy) is 1. The molecule has 3 aromatic rings. The zero-order valence-electron chi connectivity index (χ0n) is 14.1. The highest BCUT2D eigenvalue weighted by Gasteiger charge is 2.23. The van der Waals surface area contributed by atoms with E-state index in [4.69, 9.17) is 11.6 Å². The van der Waals surface area contributed by atoms with Crippen LogP contribution in [0.1, 0.15) is 11.1 Å². The van der Waals surface area contributed by atoms with Gasteiger partial charge in [0.25, 0.3) is 10.0 Å². The molecule has 3 rings (SSSR count). The first-order valence-electron chi connectivity index (χ1n) is 7.92. The molecule has 0 aliphatic heterocycles. The van der Waals surface area contributed by atoms with Crippen LogP contribution in [0.5, 0.6) is 5.75 Å². The van der Waals surface area contributed by atoms with Crippen molar-refractivity contribution in [1.82, 2.24) is 4.98 Å². The standard InChI is InChI=1S/C18H14ClF3N2O3S/c19-13-7-14(20)15(8-16(13)27-18(21)22)24-28(25,26)17-10-23-9-12(17)6-11-4-2-1-3-5-11/h1-5,7-10,18,23-24H,6H2. The van der Waals surface area contributed by atoms with E-state index in [9.17, 15) is 21.6 Å². The number of halogens is 4. The highest BCUT2D eigenvalue weighted by atomic mass is 35.5. The number of aromatic nitrogens is 1. The normalized spacial score (nSPS) is 11.6. The molecule has 0 unspecified atom stereocenters. The second-order valence-corrected chi connectivity index (χ2v) is 7.81. The number of H-pyrrole nitrogens is 1. The van der Waals surface area contributed by atoms with Crippen LogP contribution < -0.4 is 9.46 Å².